The van der Waals surface area contributed by atoms with Crippen LogP contribution in [0.4, 0.5) is 0 Å². The third kappa shape index (κ3) is 0.805. The molecule has 1 aliphatic carbocycles. The van der Waals surface area contributed by atoms with E-state index in [0.717, 1.165) is 25.8 Å². The predicted octanol–water partition coefficient (Wildman–Crippen LogP) is 0.461. The van der Waals surface area contributed by atoms with Crippen LogP contribution >= 0.6 is 0 Å². The second kappa shape index (κ2) is 2.21. The standard InChI is InChI=1S/C8H13NO2/c10-7(11)8-3-1-2-6(8)4-9-5-8/h6,9H,1-5H2,(H,10,11). The molecule has 1 aliphatic heterocycles. The summed E-state index contributed by atoms with van der Waals surface area (Å²) in [5.74, 6) is -0.190. The van der Waals surface area contributed by atoms with Crippen LogP contribution in [0.25, 0.3) is 0 Å². The van der Waals surface area contributed by atoms with Gasteiger partial charge in [0, 0.05) is 6.54 Å². The van der Waals surface area contributed by atoms with E-state index >= 15 is 0 Å². The van der Waals surface area contributed by atoms with Crippen molar-refractivity contribution >= 4 is 5.97 Å². The molecule has 2 unspecified atom stereocenters. The van der Waals surface area contributed by atoms with Gasteiger partial charge in [-0.05, 0) is 25.3 Å². The van der Waals surface area contributed by atoms with E-state index in [0.29, 0.717) is 12.5 Å². The second-order valence-electron chi connectivity index (χ2n) is 3.68. The normalized spacial score (nSPS) is 42.4. The Bertz CT molecular complexity index is 181. The van der Waals surface area contributed by atoms with Gasteiger partial charge in [-0.2, -0.15) is 0 Å². The second-order valence-corrected chi connectivity index (χ2v) is 3.68. The minimum Gasteiger partial charge on any atom is -0.481 e. The van der Waals surface area contributed by atoms with E-state index in [2.05, 4.69) is 5.32 Å². The van der Waals surface area contributed by atoms with Crippen LogP contribution in [0.3, 0.4) is 0 Å². The molecular weight excluding hydrogens is 142 g/mol. The van der Waals surface area contributed by atoms with Gasteiger partial charge >= 0.3 is 5.97 Å². The lowest BCUT2D eigenvalue weighted by Crippen LogP contribution is -2.34. The number of aliphatic carboxylic acids is 1. The Labute approximate surface area is 65.8 Å². The molecule has 0 bridgehead atoms. The molecule has 1 heterocycles. The molecule has 1 saturated heterocycles. The molecule has 62 valence electrons. The lowest BCUT2D eigenvalue weighted by molar-refractivity contribution is -0.149. The van der Waals surface area contributed by atoms with Crippen LogP contribution in [-0.4, -0.2) is 24.2 Å². The first-order chi connectivity index (χ1) is 5.26. The molecular formula is C8H13NO2. The molecule has 2 rings (SSSR count). The molecule has 0 spiro atoms. The molecule has 2 atom stereocenters. The molecule has 0 aromatic rings. The van der Waals surface area contributed by atoms with Crippen molar-refractivity contribution in [3.63, 3.8) is 0 Å². The highest BCUT2D eigenvalue weighted by atomic mass is 16.4. The first-order valence-corrected chi connectivity index (χ1v) is 4.20. The van der Waals surface area contributed by atoms with Gasteiger partial charge in [0.25, 0.3) is 0 Å². The van der Waals surface area contributed by atoms with Gasteiger partial charge in [-0.1, -0.05) is 6.42 Å². The van der Waals surface area contributed by atoms with Gasteiger partial charge in [0.15, 0.2) is 0 Å². The van der Waals surface area contributed by atoms with Crippen LogP contribution < -0.4 is 5.32 Å². The SMILES string of the molecule is O=C(O)C12CCCC1CNC2. The van der Waals surface area contributed by atoms with Gasteiger partial charge in [0.2, 0.25) is 0 Å². The van der Waals surface area contributed by atoms with Crippen molar-refractivity contribution in [1.29, 1.82) is 0 Å². The van der Waals surface area contributed by atoms with E-state index in [1.54, 1.807) is 0 Å². The molecule has 2 fully saturated rings. The fraction of sp³-hybridized carbons (Fsp3) is 0.875. The van der Waals surface area contributed by atoms with Crippen molar-refractivity contribution in [1.82, 2.24) is 5.32 Å². The Morgan fingerprint density at radius 2 is 2.45 bits per heavy atom. The number of rotatable bonds is 1. The summed E-state index contributed by atoms with van der Waals surface area (Å²) in [4.78, 5) is 11.0. The third-order valence-corrected chi connectivity index (χ3v) is 3.21. The number of carboxylic acid groups (broad SMARTS) is 1. The fourth-order valence-corrected chi connectivity index (χ4v) is 2.50. The highest BCUT2D eigenvalue weighted by molar-refractivity contribution is 5.76. The maximum atomic E-state index is 11.0. The molecule has 2 aliphatic rings. The summed E-state index contributed by atoms with van der Waals surface area (Å²) in [6, 6.07) is 0. The summed E-state index contributed by atoms with van der Waals surface area (Å²) in [5.41, 5.74) is -0.389. The zero-order chi connectivity index (χ0) is 7.90. The lowest BCUT2D eigenvalue weighted by atomic mass is 9.81. The summed E-state index contributed by atoms with van der Waals surface area (Å²) in [6.07, 6.45) is 3.07. The van der Waals surface area contributed by atoms with Gasteiger partial charge in [-0.25, -0.2) is 0 Å². The lowest BCUT2D eigenvalue weighted by Gasteiger charge is -2.21. The summed E-state index contributed by atoms with van der Waals surface area (Å²) >= 11 is 0. The van der Waals surface area contributed by atoms with Crippen molar-refractivity contribution < 1.29 is 9.90 Å². The quantitative estimate of drug-likeness (QED) is 0.578. The van der Waals surface area contributed by atoms with E-state index in [4.69, 9.17) is 5.11 Å². The first kappa shape index (κ1) is 7.10. The summed E-state index contributed by atoms with van der Waals surface area (Å²) < 4.78 is 0. The van der Waals surface area contributed by atoms with Crippen LogP contribution in [0.2, 0.25) is 0 Å². The molecule has 0 aromatic heterocycles. The maximum Gasteiger partial charge on any atom is 0.311 e. The number of hydrogen-bond donors (Lipinski definition) is 2. The summed E-state index contributed by atoms with van der Waals surface area (Å²) in [5, 5.41) is 12.2. The average molecular weight is 155 g/mol. The number of carbonyl (C=O) groups is 1. The molecule has 3 heteroatoms. The molecule has 1 saturated carbocycles. The van der Waals surface area contributed by atoms with Crippen molar-refractivity contribution in [2.75, 3.05) is 13.1 Å². The number of nitrogens with one attached hydrogen (secondary N) is 1. The Hall–Kier alpha value is -0.570. The number of carboxylic acids is 1. The Morgan fingerprint density at radius 1 is 1.64 bits per heavy atom. The summed E-state index contributed by atoms with van der Waals surface area (Å²) in [6.45, 7) is 1.60. The highest BCUT2D eigenvalue weighted by Crippen LogP contribution is 2.45. The van der Waals surface area contributed by atoms with E-state index in [-0.39, 0.29) is 5.41 Å². The van der Waals surface area contributed by atoms with Crippen LogP contribution in [0.5, 0.6) is 0 Å². The van der Waals surface area contributed by atoms with Crippen LogP contribution in [0.15, 0.2) is 0 Å². The number of fused-ring (bicyclic) bond motifs is 1. The van der Waals surface area contributed by atoms with Crippen molar-refractivity contribution in [2.24, 2.45) is 11.3 Å². The molecule has 0 amide bonds. The van der Waals surface area contributed by atoms with Gasteiger partial charge in [0.05, 0.1) is 5.41 Å². The van der Waals surface area contributed by atoms with Crippen molar-refractivity contribution in [3.8, 4) is 0 Å². The molecule has 0 radical (unpaired) electrons. The van der Waals surface area contributed by atoms with Crippen molar-refractivity contribution in [3.05, 3.63) is 0 Å². The Morgan fingerprint density at radius 3 is 3.09 bits per heavy atom. The van der Waals surface area contributed by atoms with Crippen LogP contribution in [0.1, 0.15) is 19.3 Å². The van der Waals surface area contributed by atoms with Crippen molar-refractivity contribution in [2.45, 2.75) is 19.3 Å². The zero-order valence-corrected chi connectivity index (χ0v) is 6.47. The largest absolute Gasteiger partial charge is 0.481 e. The average Bonchev–Trinajstić information content (AvgIpc) is 2.40. The maximum absolute atomic E-state index is 11.0. The Kier molecular flexibility index (Phi) is 1.42. The molecule has 11 heavy (non-hydrogen) atoms. The third-order valence-electron chi connectivity index (χ3n) is 3.21. The predicted molar refractivity (Wildman–Crippen MR) is 40.3 cm³/mol. The van der Waals surface area contributed by atoms with Crippen LogP contribution in [0, 0.1) is 11.3 Å². The van der Waals surface area contributed by atoms with Crippen LogP contribution in [-0.2, 0) is 4.79 Å². The molecule has 2 N–H and O–H groups in total. The van der Waals surface area contributed by atoms with E-state index < -0.39 is 5.97 Å². The van der Waals surface area contributed by atoms with Gasteiger partial charge in [-0.15, -0.1) is 0 Å². The fourth-order valence-electron chi connectivity index (χ4n) is 2.50. The molecule has 3 nitrogen and oxygen atoms in total. The Balaban J connectivity index is 2.26. The van der Waals surface area contributed by atoms with Gasteiger partial charge < -0.3 is 10.4 Å². The van der Waals surface area contributed by atoms with Gasteiger partial charge in [0.1, 0.15) is 0 Å². The van der Waals surface area contributed by atoms with E-state index in [1.807, 2.05) is 0 Å². The van der Waals surface area contributed by atoms with E-state index in [9.17, 15) is 4.79 Å². The van der Waals surface area contributed by atoms with E-state index in [1.165, 1.54) is 0 Å². The topological polar surface area (TPSA) is 49.3 Å². The smallest absolute Gasteiger partial charge is 0.311 e. The number of hydrogen-bond acceptors (Lipinski definition) is 2. The van der Waals surface area contributed by atoms with Gasteiger partial charge in [-0.3, -0.25) is 4.79 Å². The minimum atomic E-state index is -0.593. The molecule has 0 aromatic carbocycles. The minimum absolute atomic E-state index is 0.389. The first-order valence-electron chi connectivity index (χ1n) is 4.20. The summed E-state index contributed by atoms with van der Waals surface area (Å²) in [7, 11) is 0. The monoisotopic (exact) mass is 155 g/mol. The highest BCUT2D eigenvalue weighted by Gasteiger charge is 2.51. The zero-order valence-electron chi connectivity index (χ0n) is 6.47.